The van der Waals surface area contributed by atoms with E-state index >= 15 is 0 Å². The second-order valence-corrected chi connectivity index (χ2v) is 4.46. The van der Waals surface area contributed by atoms with Gasteiger partial charge in [-0.2, -0.15) is 4.98 Å². The number of benzene rings is 1. The van der Waals surface area contributed by atoms with Gasteiger partial charge in [-0.05, 0) is 33.0 Å². The molecule has 0 saturated heterocycles. The van der Waals surface area contributed by atoms with Crippen LogP contribution in [0.15, 0.2) is 22.7 Å². The summed E-state index contributed by atoms with van der Waals surface area (Å²) in [7, 11) is 1.87. The van der Waals surface area contributed by atoms with Crippen LogP contribution >= 0.6 is 12.4 Å². The van der Waals surface area contributed by atoms with Crippen molar-refractivity contribution in [1.29, 1.82) is 0 Å². The van der Waals surface area contributed by atoms with E-state index < -0.39 is 5.82 Å². The predicted octanol–water partition coefficient (Wildman–Crippen LogP) is 2.85. The van der Waals surface area contributed by atoms with Crippen LogP contribution in [0.25, 0.3) is 11.5 Å². The Morgan fingerprint density at radius 3 is 2.86 bits per heavy atom. The molecule has 1 unspecified atom stereocenters. The Bertz CT molecular complexity index is 577. The van der Waals surface area contributed by atoms with Crippen LogP contribution in [0.5, 0.6) is 5.75 Å². The first kappa shape index (κ1) is 17.4. The molecule has 1 aromatic heterocycles. The summed E-state index contributed by atoms with van der Waals surface area (Å²) in [6, 6.07) is 4.87. The summed E-state index contributed by atoms with van der Waals surface area (Å²) in [6.45, 7) is 4.18. The van der Waals surface area contributed by atoms with Gasteiger partial charge in [0.05, 0.1) is 12.2 Å². The average molecular weight is 316 g/mol. The van der Waals surface area contributed by atoms with Crippen LogP contribution in [-0.2, 0) is 6.42 Å². The highest BCUT2D eigenvalue weighted by atomic mass is 35.5. The minimum Gasteiger partial charge on any atom is -0.490 e. The number of hydrogen-bond donors (Lipinski definition) is 1. The minimum absolute atomic E-state index is 0. The minimum atomic E-state index is -0.437. The van der Waals surface area contributed by atoms with Crippen molar-refractivity contribution in [2.24, 2.45) is 0 Å². The van der Waals surface area contributed by atoms with E-state index in [9.17, 15) is 4.39 Å². The van der Waals surface area contributed by atoms with E-state index in [0.717, 1.165) is 0 Å². The number of hydrogen-bond acceptors (Lipinski definition) is 5. The van der Waals surface area contributed by atoms with Crippen molar-refractivity contribution >= 4 is 12.4 Å². The molecule has 0 saturated carbocycles. The quantitative estimate of drug-likeness (QED) is 0.888. The zero-order chi connectivity index (χ0) is 14.5. The van der Waals surface area contributed by atoms with Crippen LogP contribution < -0.4 is 10.1 Å². The molecule has 1 atom stereocenters. The molecule has 2 rings (SSSR count). The van der Waals surface area contributed by atoms with E-state index in [1.54, 1.807) is 19.1 Å². The largest absolute Gasteiger partial charge is 0.490 e. The maximum atomic E-state index is 13.8. The smallest absolute Gasteiger partial charge is 0.261 e. The van der Waals surface area contributed by atoms with Gasteiger partial charge >= 0.3 is 0 Å². The number of rotatable bonds is 6. The molecule has 2 aromatic rings. The van der Waals surface area contributed by atoms with Crippen LogP contribution in [0, 0.1) is 5.82 Å². The third-order valence-electron chi connectivity index (χ3n) is 2.94. The van der Waals surface area contributed by atoms with E-state index in [2.05, 4.69) is 15.5 Å². The zero-order valence-corrected chi connectivity index (χ0v) is 13.0. The van der Waals surface area contributed by atoms with E-state index in [0.29, 0.717) is 24.4 Å². The second kappa shape index (κ2) is 7.95. The Kier molecular flexibility index (Phi) is 6.58. The Morgan fingerprint density at radius 1 is 1.43 bits per heavy atom. The molecule has 7 heteroatoms. The lowest BCUT2D eigenvalue weighted by molar-refractivity contribution is 0.321. The molecular formula is C14H19ClFN3O2. The topological polar surface area (TPSA) is 60.2 Å². The summed E-state index contributed by atoms with van der Waals surface area (Å²) < 4.78 is 24.3. The van der Waals surface area contributed by atoms with E-state index in [1.807, 2.05) is 14.0 Å². The van der Waals surface area contributed by atoms with Crippen LogP contribution in [-0.4, -0.2) is 29.8 Å². The highest BCUT2D eigenvalue weighted by Crippen LogP contribution is 2.31. The maximum absolute atomic E-state index is 13.8. The second-order valence-electron chi connectivity index (χ2n) is 4.46. The zero-order valence-electron chi connectivity index (χ0n) is 12.2. The van der Waals surface area contributed by atoms with E-state index in [-0.39, 0.29) is 30.1 Å². The fraction of sp³-hybridized carbons (Fsp3) is 0.429. The third-order valence-corrected chi connectivity index (χ3v) is 2.94. The average Bonchev–Trinajstić information content (AvgIpc) is 2.89. The lowest BCUT2D eigenvalue weighted by Gasteiger charge is -2.07. The van der Waals surface area contributed by atoms with Crippen molar-refractivity contribution in [3.05, 3.63) is 29.8 Å². The molecule has 0 aliphatic rings. The summed E-state index contributed by atoms with van der Waals surface area (Å²) >= 11 is 0. The molecule has 0 aliphatic heterocycles. The Morgan fingerprint density at radius 2 is 2.19 bits per heavy atom. The van der Waals surface area contributed by atoms with Gasteiger partial charge in [-0.3, -0.25) is 0 Å². The number of halogens is 2. The molecule has 1 heterocycles. The lowest BCUT2D eigenvalue weighted by Crippen LogP contribution is -2.24. The maximum Gasteiger partial charge on any atom is 0.261 e. The van der Waals surface area contributed by atoms with Crippen LogP contribution in [0.1, 0.15) is 19.7 Å². The number of nitrogens with zero attached hydrogens (tertiary/aromatic N) is 2. The van der Waals surface area contributed by atoms with Crippen molar-refractivity contribution in [1.82, 2.24) is 15.5 Å². The molecule has 0 radical (unpaired) electrons. The molecule has 0 fully saturated rings. The van der Waals surface area contributed by atoms with E-state index in [4.69, 9.17) is 9.26 Å². The van der Waals surface area contributed by atoms with Gasteiger partial charge in [-0.25, -0.2) is 4.39 Å². The molecule has 116 valence electrons. The summed E-state index contributed by atoms with van der Waals surface area (Å²) in [5.74, 6) is 0.555. The predicted molar refractivity (Wildman–Crippen MR) is 80.3 cm³/mol. The Labute approximate surface area is 129 Å². The SMILES string of the molecule is CCOc1c(F)cccc1-c1nc(CC(C)NC)no1.Cl. The molecular weight excluding hydrogens is 297 g/mol. The highest BCUT2D eigenvalue weighted by Gasteiger charge is 2.17. The van der Waals surface area contributed by atoms with Gasteiger partial charge in [-0.15, -0.1) is 12.4 Å². The van der Waals surface area contributed by atoms with Crippen LogP contribution in [0.2, 0.25) is 0 Å². The van der Waals surface area contributed by atoms with Crippen molar-refractivity contribution < 1.29 is 13.7 Å². The third kappa shape index (κ3) is 4.15. The monoisotopic (exact) mass is 315 g/mol. The fourth-order valence-corrected chi connectivity index (χ4v) is 1.79. The molecule has 0 amide bonds. The van der Waals surface area contributed by atoms with Gasteiger partial charge in [0.1, 0.15) is 0 Å². The number of para-hydroxylation sites is 1. The normalized spacial score (nSPS) is 11.8. The van der Waals surface area contributed by atoms with Crippen LogP contribution in [0.4, 0.5) is 4.39 Å². The van der Waals surface area contributed by atoms with Crippen LogP contribution in [0.3, 0.4) is 0 Å². The number of likely N-dealkylation sites (N-methyl/N-ethyl adjacent to an activating group) is 1. The molecule has 0 bridgehead atoms. The van der Waals surface area contributed by atoms with Gasteiger partial charge in [0, 0.05) is 12.5 Å². The number of nitrogens with one attached hydrogen (secondary N) is 1. The van der Waals surface area contributed by atoms with Gasteiger partial charge in [0.2, 0.25) is 0 Å². The van der Waals surface area contributed by atoms with Crippen molar-refractivity contribution in [2.75, 3.05) is 13.7 Å². The molecule has 0 aliphatic carbocycles. The van der Waals surface area contributed by atoms with Gasteiger partial charge < -0.3 is 14.6 Å². The Balaban J connectivity index is 0.00000220. The van der Waals surface area contributed by atoms with Crippen molar-refractivity contribution in [3.8, 4) is 17.2 Å². The molecule has 21 heavy (non-hydrogen) atoms. The standard InChI is InChI=1S/C14H18FN3O2.ClH/c1-4-19-13-10(6-5-7-11(13)15)14-17-12(18-20-14)8-9(2)16-3;/h5-7,9,16H,4,8H2,1-3H3;1H. The molecule has 1 N–H and O–H groups in total. The molecule has 0 spiro atoms. The lowest BCUT2D eigenvalue weighted by atomic mass is 10.2. The first-order chi connectivity index (χ1) is 9.65. The first-order valence-electron chi connectivity index (χ1n) is 6.57. The first-order valence-corrected chi connectivity index (χ1v) is 6.57. The summed E-state index contributed by atoms with van der Waals surface area (Å²) in [6.07, 6.45) is 0.638. The summed E-state index contributed by atoms with van der Waals surface area (Å²) in [5.41, 5.74) is 0.475. The molecule has 1 aromatic carbocycles. The van der Waals surface area contributed by atoms with E-state index in [1.165, 1.54) is 6.07 Å². The fourth-order valence-electron chi connectivity index (χ4n) is 1.79. The number of ether oxygens (including phenoxy) is 1. The summed E-state index contributed by atoms with van der Waals surface area (Å²) in [5, 5.41) is 7.00. The van der Waals surface area contributed by atoms with Gasteiger partial charge in [0.15, 0.2) is 17.4 Å². The number of aromatic nitrogens is 2. The summed E-state index contributed by atoms with van der Waals surface area (Å²) in [4.78, 5) is 4.29. The van der Waals surface area contributed by atoms with Gasteiger partial charge in [0.25, 0.3) is 5.89 Å². The highest BCUT2D eigenvalue weighted by molar-refractivity contribution is 5.85. The van der Waals surface area contributed by atoms with Crippen molar-refractivity contribution in [3.63, 3.8) is 0 Å². The molecule has 5 nitrogen and oxygen atoms in total. The van der Waals surface area contributed by atoms with Gasteiger partial charge in [-0.1, -0.05) is 11.2 Å². The van der Waals surface area contributed by atoms with Crippen molar-refractivity contribution in [2.45, 2.75) is 26.3 Å². The Hall–Kier alpha value is -1.66.